The highest BCUT2D eigenvalue weighted by molar-refractivity contribution is 5.85. The molecule has 2 rings (SSSR count). The number of nitrogens with one attached hydrogen (secondary N) is 1. The van der Waals surface area contributed by atoms with Crippen molar-refractivity contribution in [2.75, 3.05) is 13.2 Å². The highest BCUT2D eigenvalue weighted by Crippen LogP contribution is 2.30. The zero-order chi connectivity index (χ0) is 10.7. The molecule has 16 heavy (non-hydrogen) atoms. The van der Waals surface area contributed by atoms with Crippen LogP contribution in [0.5, 0.6) is 11.5 Å². The zero-order valence-corrected chi connectivity index (χ0v) is 10.5. The summed E-state index contributed by atoms with van der Waals surface area (Å²) in [5.41, 5.74) is 1.23. The van der Waals surface area contributed by atoms with Crippen LogP contribution in [0.1, 0.15) is 19.4 Å². The molecule has 3 nitrogen and oxygen atoms in total. The maximum Gasteiger partial charge on any atom is 0.161 e. The second-order valence-corrected chi connectivity index (χ2v) is 4.01. The molecule has 0 saturated heterocycles. The number of hydrogen-bond acceptors (Lipinski definition) is 3. The van der Waals surface area contributed by atoms with Crippen molar-refractivity contribution < 1.29 is 9.47 Å². The smallest absolute Gasteiger partial charge is 0.161 e. The summed E-state index contributed by atoms with van der Waals surface area (Å²) in [6.45, 7) is 6.44. The van der Waals surface area contributed by atoms with Gasteiger partial charge in [-0.05, 0) is 17.7 Å². The maximum atomic E-state index is 5.52. The van der Waals surface area contributed by atoms with Gasteiger partial charge >= 0.3 is 0 Å². The van der Waals surface area contributed by atoms with E-state index in [-0.39, 0.29) is 12.4 Å². The van der Waals surface area contributed by atoms with Gasteiger partial charge in [0.2, 0.25) is 0 Å². The third kappa shape index (κ3) is 3.29. The largest absolute Gasteiger partial charge is 0.486 e. The molecule has 0 aliphatic carbocycles. The van der Waals surface area contributed by atoms with Crippen molar-refractivity contribution in [3.05, 3.63) is 23.8 Å². The average Bonchev–Trinajstić information content (AvgIpc) is 2.26. The van der Waals surface area contributed by atoms with E-state index in [0.29, 0.717) is 19.3 Å². The fourth-order valence-corrected chi connectivity index (χ4v) is 1.52. The molecule has 0 amide bonds. The molecule has 4 heteroatoms. The van der Waals surface area contributed by atoms with Gasteiger partial charge in [0, 0.05) is 12.6 Å². The summed E-state index contributed by atoms with van der Waals surface area (Å²) in [5.74, 6) is 1.72. The molecule has 1 aliphatic rings. The van der Waals surface area contributed by atoms with Gasteiger partial charge in [0.05, 0.1) is 0 Å². The first kappa shape index (κ1) is 13.1. The third-order valence-electron chi connectivity index (χ3n) is 2.32. The highest BCUT2D eigenvalue weighted by atomic mass is 35.5. The van der Waals surface area contributed by atoms with Gasteiger partial charge in [0.25, 0.3) is 0 Å². The average molecular weight is 244 g/mol. The molecule has 1 N–H and O–H groups in total. The second kappa shape index (κ2) is 5.97. The van der Waals surface area contributed by atoms with Crippen molar-refractivity contribution in [3.63, 3.8) is 0 Å². The molecule has 1 aromatic carbocycles. The van der Waals surface area contributed by atoms with Crippen molar-refractivity contribution in [3.8, 4) is 11.5 Å². The Morgan fingerprint density at radius 1 is 1.19 bits per heavy atom. The van der Waals surface area contributed by atoms with Gasteiger partial charge in [0.15, 0.2) is 11.5 Å². The zero-order valence-electron chi connectivity index (χ0n) is 9.66. The fraction of sp³-hybridized carbons (Fsp3) is 0.500. The van der Waals surface area contributed by atoms with Gasteiger partial charge in [0.1, 0.15) is 13.2 Å². The van der Waals surface area contributed by atoms with Gasteiger partial charge < -0.3 is 14.8 Å². The normalized spacial score (nSPS) is 13.4. The van der Waals surface area contributed by atoms with E-state index in [1.165, 1.54) is 5.56 Å². The summed E-state index contributed by atoms with van der Waals surface area (Å²) in [5, 5.41) is 3.37. The summed E-state index contributed by atoms with van der Waals surface area (Å²) in [4.78, 5) is 0. The minimum atomic E-state index is 0. The number of benzene rings is 1. The molecule has 0 unspecified atom stereocenters. The molecule has 0 bridgehead atoms. The number of rotatable bonds is 3. The first-order valence-corrected chi connectivity index (χ1v) is 5.37. The lowest BCUT2D eigenvalue weighted by Gasteiger charge is -2.19. The summed E-state index contributed by atoms with van der Waals surface area (Å²) >= 11 is 0. The van der Waals surface area contributed by atoms with Gasteiger partial charge in [-0.3, -0.25) is 0 Å². The van der Waals surface area contributed by atoms with Crippen molar-refractivity contribution in [2.45, 2.75) is 26.4 Å². The van der Waals surface area contributed by atoms with Crippen LogP contribution in [0, 0.1) is 0 Å². The number of ether oxygens (including phenoxy) is 2. The lowest BCUT2D eigenvalue weighted by Crippen LogP contribution is -2.22. The Labute approximate surface area is 103 Å². The van der Waals surface area contributed by atoms with Crippen LogP contribution in [0.15, 0.2) is 18.2 Å². The third-order valence-corrected chi connectivity index (χ3v) is 2.32. The van der Waals surface area contributed by atoms with Crippen LogP contribution in [0.4, 0.5) is 0 Å². The minimum Gasteiger partial charge on any atom is -0.486 e. The topological polar surface area (TPSA) is 30.5 Å². The first-order valence-electron chi connectivity index (χ1n) is 5.37. The lowest BCUT2D eigenvalue weighted by molar-refractivity contribution is 0.171. The van der Waals surface area contributed by atoms with E-state index in [9.17, 15) is 0 Å². The summed E-state index contributed by atoms with van der Waals surface area (Å²) < 4.78 is 11.0. The number of halogens is 1. The van der Waals surface area contributed by atoms with Gasteiger partial charge in [-0.1, -0.05) is 19.9 Å². The molecule has 1 aromatic rings. The quantitative estimate of drug-likeness (QED) is 0.884. The Kier molecular flexibility index (Phi) is 4.90. The van der Waals surface area contributed by atoms with E-state index >= 15 is 0 Å². The Hall–Kier alpha value is -0.930. The molecule has 0 aromatic heterocycles. The summed E-state index contributed by atoms with van der Waals surface area (Å²) in [6.07, 6.45) is 0. The van der Waals surface area contributed by atoms with E-state index in [0.717, 1.165) is 18.0 Å². The molecular weight excluding hydrogens is 226 g/mol. The lowest BCUT2D eigenvalue weighted by atomic mass is 10.2. The van der Waals surface area contributed by atoms with Crippen LogP contribution in [-0.2, 0) is 6.54 Å². The predicted molar refractivity (Wildman–Crippen MR) is 66.7 cm³/mol. The standard InChI is InChI=1S/C12H17NO2.ClH/c1-9(2)13-8-10-3-4-11-12(7-10)15-6-5-14-11;/h3-4,7,9,13H,5-6,8H2,1-2H3;1H. The number of hydrogen-bond donors (Lipinski definition) is 1. The van der Waals surface area contributed by atoms with E-state index in [1.807, 2.05) is 12.1 Å². The molecule has 0 spiro atoms. The Balaban J connectivity index is 0.00000128. The maximum absolute atomic E-state index is 5.52. The van der Waals surface area contributed by atoms with Crippen LogP contribution in [0.25, 0.3) is 0 Å². The van der Waals surface area contributed by atoms with Crippen LogP contribution in [0.2, 0.25) is 0 Å². The van der Waals surface area contributed by atoms with Crippen LogP contribution < -0.4 is 14.8 Å². The van der Waals surface area contributed by atoms with Crippen molar-refractivity contribution >= 4 is 12.4 Å². The van der Waals surface area contributed by atoms with Gasteiger partial charge in [-0.2, -0.15) is 0 Å². The molecule has 1 heterocycles. The van der Waals surface area contributed by atoms with Crippen molar-refractivity contribution in [1.29, 1.82) is 0 Å². The predicted octanol–water partition coefficient (Wildman–Crippen LogP) is 2.38. The SMILES string of the molecule is CC(C)NCc1ccc2c(c1)OCCO2.Cl. The Morgan fingerprint density at radius 2 is 1.88 bits per heavy atom. The fourth-order valence-electron chi connectivity index (χ4n) is 1.52. The van der Waals surface area contributed by atoms with Crippen molar-refractivity contribution in [2.24, 2.45) is 0 Å². The summed E-state index contributed by atoms with van der Waals surface area (Å²) in [7, 11) is 0. The number of fused-ring (bicyclic) bond motifs is 1. The first-order chi connectivity index (χ1) is 7.25. The van der Waals surface area contributed by atoms with Gasteiger partial charge in [-0.15, -0.1) is 12.4 Å². The molecule has 0 fully saturated rings. The van der Waals surface area contributed by atoms with E-state index in [2.05, 4.69) is 25.2 Å². The molecule has 0 radical (unpaired) electrons. The molecule has 0 atom stereocenters. The molecular formula is C12H18ClNO2. The van der Waals surface area contributed by atoms with Gasteiger partial charge in [-0.25, -0.2) is 0 Å². The van der Waals surface area contributed by atoms with E-state index in [4.69, 9.17) is 9.47 Å². The van der Waals surface area contributed by atoms with Crippen molar-refractivity contribution in [1.82, 2.24) is 5.32 Å². The van der Waals surface area contributed by atoms with Crippen LogP contribution >= 0.6 is 12.4 Å². The molecule has 1 aliphatic heterocycles. The Morgan fingerprint density at radius 3 is 2.56 bits per heavy atom. The van der Waals surface area contributed by atoms with Crippen LogP contribution in [0.3, 0.4) is 0 Å². The summed E-state index contributed by atoms with van der Waals surface area (Å²) in [6, 6.07) is 6.59. The molecule has 90 valence electrons. The minimum absolute atomic E-state index is 0. The monoisotopic (exact) mass is 243 g/mol. The highest BCUT2D eigenvalue weighted by Gasteiger charge is 2.11. The van der Waals surface area contributed by atoms with E-state index in [1.54, 1.807) is 0 Å². The second-order valence-electron chi connectivity index (χ2n) is 4.01. The van der Waals surface area contributed by atoms with Crippen LogP contribution in [-0.4, -0.2) is 19.3 Å². The Bertz CT molecular complexity index is 342. The molecule has 0 saturated carbocycles. The van der Waals surface area contributed by atoms with E-state index < -0.39 is 0 Å².